The Morgan fingerprint density at radius 1 is 1.11 bits per heavy atom. The van der Waals surface area contributed by atoms with Gasteiger partial charge in [-0.3, -0.25) is 25.3 Å². The van der Waals surface area contributed by atoms with Crippen molar-refractivity contribution in [2.24, 2.45) is 5.92 Å². The molecule has 2 amide bonds. The summed E-state index contributed by atoms with van der Waals surface area (Å²) in [5.74, 6) is -0.289. The number of carboxylic acids is 1. The standard InChI is InChI=1S/C23H40N6O6/c1-23(2,3)35-21(32)25-20(24)28-7-4-17(5-8-28)6-9-29-15-18(34-22(29)33)14-26-10-12-27(13-11-26)16-19(30)31/h17-18H,4-16H2,1-3H3,(H,30,31)(H2,24,25,32). The van der Waals surface area contributed by atoms with Crippen molar-refractivity contribution < 1.29 is 29.0 Å². The van der Waals surface area contributed by atoms with E-state index in [0.717, 1.165) is 32.4 Å². The lowest BCUT2D eigenvalue weighted by molar-refractivity contribution is -0.138. The second-order valence-corrected chi connectivity index (χ2v) is 10.6. The highest BCUT2D eigenvalue weighted by molar-refractivity contribution is 5.92. The smallest absolute Gasteiger partial charge is 0.414 e. The van der Waals surface area contributed by atoms with Crippen LogP contribution in [0.25, 0.3) is 0 Å². The van der Waals surface area contributed by atoms with Gasteiger partial charge in [-0.1, -0.05) is 0 Å². The van der Waals surface area contributed by atoms with Crippen LogP contribution in [0, 0.1) is 11.3 Å². The van der Waals surface area contributed by atoms with Gasteiger partial charge in [0.2, 0.25) is 5.96 Å². The number of aliphatic carboxylic acids is 1. The van der Waals surface area contributed by atoms with Crippen molar-refractivity contribution in [1.82, 2.24) is 24.9 Å². The number of rotatable bonds is 7. The fraction of sp³-hybridized carbons (Fsp3) is 0.826. The third-order valence-corrected chi connectivity index (χ3v) is 6.59. The topological polar surface area (TPSA) is 139 Å². The second-order valence-electron chi connectivity index (χ2n) is 10.6. The first kappa shape index (κ1) is 27.0. The Bertz CT molecular complexity index is 771. The molecule has 1 atom stereocenters. The van der Waals surface area contributed by atoms with E-state index in [9.17, 15) is 14.4 Å². The predicted molar refractivity (Wildman–Crippen MR) is 128 cm³/mol. The van der Waals surface area contributed by atoms with E-state index >= 15 is 0 Å². The zero-order valence-electron chi connectivity index (χ0n) is 21.1. The maximum absolute atomic E-state index is 12.3. The van der Waals surface area contributed by atoms with Crippen molar-refractivity contribution >= 4 is 24.1 Å². The van der Waals surface area contributed by atoms with Gasteiger partial charge in [0.1, 0.15) is 11.7 Å². The summed E-state index contributed by atoms with van der Waals surface area (Å²) in [6, 6.07) is 0. The number of hydrogen-bond donors (Lipinski definition) is 3. The largest absolute Gasteiger partial charge is 0.480 e. The predicted octanol–water partition coefficient (Wildman–Crippen LogP) is 1.07. The van der Waals surface area contributed by atoms with E-state index in [0.29, 0.717) is 51.7 Å². The molecule has 0 aromatic rings. The summed E-state index contributed by atoms with van der Waals surface area (Å²) in [6.07, 6.45) is 1.64. The number of piperazine rings is 1. The number of carbonyl (C=O) groups excluding carboxylic acids is 2. The first-order valence-corrected chi connectivity index (χ1v) is 12.4. The van der Waals surface area contributed by atoms with Crippen LogP contribution in [0.2, 0.25) is 0 Å². The van der Waals surface area contributed by atoms with Gasteiger partial charge in [0.05, 0.1) is 13.1 Å². The van der Waals surface area contributed by atoms with E-state index in [2.05, 4.69) is 10.2 Å². The van der Waals surface area contributed by atoms with Gasteiger partial charge in [-0.15, -0.1) is 0 Å². The van der Waals surface area contributed by atoms with E-state index in [1.807, 2.05) is 9.80 Å². The zero-order chi connectivity index (χ0) is 25.6. The molecule has 12 heteroatoms. The fourth-order valence-corrected chi connectivity index (χ4v) is 4.72. The van der Waals surface area contributed by atoms with E-state index in [4.69, 9.17) is 20.0 Å². The Morgan fingerprint density at radius 3 is 2.34 bits per heavy atom. The molecule has 3 N–H and O–H groups in total. The van der Waals surface area contributed by atoms with Crippen LogP contribution < -0.4 is 5.32 Å². The van der Waals surface area contributed by atoms with Crippen molar-refractivity contribution in [3.63, 3.8) is 0 Å². The van der Waals surface area contributed by atoms with Crippen molar-refractivity contribution in [3.05, 3.63) is 0 Å². The van der Waals surface area contributed by atoms with E-state index in [1.54, 1.807) is 25.7 Å². The van der Waals surface area contributed by atoms with Gasteiger partial charge in [-0.25, -0.2) is 9.59 Å². The summed E-state index contributed by atoms with van der Waals surface area (Å²) in [4.78, 5) is 42.9. The molecule has 12 nitrogen and oxygen atoms in total. The molecule has 0 spiro atoms. The molecule has 3 aliphatic heterocycles. The number of amides is 2. The van der Waals surface area contributed by atoms with E-state index < -0.39 is 17.7 Å². The Hall–Kier alpha value is -2.60. The monoisotopic (exact) mass is 496 g/mol. The zero-order valence-corrected chi connectivity index (χ0v) is 21.1. The normalized spacial score (nSPS) is 22.7. The number of guanidine groups is 1. The van der Waals surface area contributed by atoms with Gasteiger partial charge >= 0.3 is 18.2 Å². The highest BCUT2D eigenvalue weighted by Crippen LogP contribution is 2.23. The molecular weight excluding hydrogens is 456 g/mol. The molecule has 0 aromatic carbocycles. The third-order valence-electron chi connectivity index (χ3n) is 6.59. The Labute approximate surface area is 207 Å². The van der Waals surface area contributed by atoms with Crippen LogP contribution in [0.1, 0.15) is 40.0 Å². The van der Waals surface area contributed by atoms with E-state index in [-0.39, 0.29) is 24.7 Å². The Kier molecular flexibility index (Phi) is 9.17. The van der Waals surface area contributed by atoms with Gasteiger partial charge < -0.3 is 24.4 Å². The molecule has 0 bridgehead atoms. The molecule has 3 rings (SSSR count). The summed E-state index contributed by atoms with van der Waals surface area (Å²) >= 11 is 0. The molecule has 35 heavy (non-hydrogen) atoms. The Morgan fingerprint density at radius 2 is 1.74 bits per heavy atom. The molecule has 0 saturated carbocycles. The summed E-state index contributed by atoms with van der Waals surface area (Å²) in [6.45, 7) is 11.7. The summed E-state index contributed by atoms with van der Waals surface area (Å²) in [7, 11) is 0. The number of cyclic esters (lactones) is 1. The van der Waals surface area contributed by atoms with Crippen LogP contribution in [0.4, 0.5) is 9.59 Å². The molecule has 198 valence electrons. The van der Waals surface area contributed by atoms with Crippen LogP contribution in [-0.4, -0.2) is 126 Å². The maximum atomic E-state index is 12.3. The lowest BCUT2D eigenvalue weighted by Gasteiger charge is -2.34. The van der Waals surface area contributed by atoms with Gasteiger partial charge in [0.25, 0.3) is 0 Å². The average Bonchev–Trinajstić information content (AvgIpc) is 3.11. The number of nitrogens with one attached hydrogen (secondary N) is 2. The molecule has 0 aliphatic carbocycles. The number of nitrogens with zero attached hydrogens (tertiary/aromatic N) is 4. The van der Waals surface area contributed by atoms with Gasteiger partial charge in [0.15, 0.2) is 0 Å². The number of ether oxygens (including phenoxy) is 2. The first-order valence-electron chi connectivity index (χ1n) is 12.4. The highest BCUT2D eigenvalue weighted by Gasteiger charge is 2.34. The number of hydrogen-bond acceptors (Lipinski definition) is 8. The number of alkyl carbamates (subject to hydrolysis) is 1. The molecule has 0 radical (unpaired) electrons. The van der Waals surface area contributed by atoms with Crippen LogP contribution >= 0.6 is 0 Å². The second kappa shape index (κ2) is 11.9. The molecule has 1 unspecified atom stereocenters. The highest BCUT2D eigenvalue weighted by atomic mass is 16.6. The van der Waals surface area contributed by atoms with Gasteiger partial charge in [-0.05, 0) is 46.0 Å². The van der Waals surface area contributed by atoms with Gasteiger partial charge in [-0.2, -0.15) is 0 Å². The number of piperidine rings is 1. The molecular formula is C23H40N6O6. The third kappa shape index (κ3) is 8.84. The van der Waals surface area contributed by atoms with Crippen LogP contribution in [0.15, 0.2) is 0 Å². The fourth-order valence-electron chi connectivity index (χ4n) is 4.72. The molecule has 0 aromatic heterocycles. The van der Waals surface area contributed by atoms with Crippen LogP contribution in [0.5, 0.6) is 0 Å². The molecule has 3 aliphatic rings. The van der Waals surface area contributed by atoms with E-state index in [1.165, 1.54) is 0 Å². The average molecular weight is 497 g/mol. The number of carboxylic acid groups (broad SMARTS) is 1. The minimum Gasteiger partial charge on any atom is -0.480 e. The van der Waals surface area contributed by atoms with Crippen LogP contribution in [-0.2, 0) is 14.3 Å². The molecule has 3 heterocycles. The minimum absolute atomic E-state index is 0.0625. The molecule has 3 saturated heterocycles. The quantitative estimate of drug-likeness (QED) is 0.349. The number of carbonyl (C=O) groups is 3. The summed E-state index contributed by atoms with van der Waals surface area (Å²) < 4.78 is 10.8. The van der Waals surface area contributed by atoms with Gasteiger partial charge in [0, 0.05) is 52.4 Å². The minimum atomic E-state index is -0.805. The van der Waals surface area contributed by atoms with Crippen LogP contribution in [0.3, 0.4) is 0 Å². The van der Waals surface area contributed by atoms with Crippen molar-refractivity contribution in [1.29, 1.82) is 5.41 Å². The first-order chi connectivity index (χ1) is 16.5. The summed E-state index contributed by atoms with van der Waals surface area (Å²) in [5, 5.41) is 19.5. The lowest BCUT2D eigenvalue weighted by atomic mass is 9.93. The molecule has 3 fully saturated rings. The maximum Gasteiger partial charge on any atom is 0.414 e. The SMILES string of the molecule is CC(C)(C)OC(=O)NC(=N)N1CCC(CCN2CC(CN3CCN(CC(=O)O)CC3)OC2=O)CC1. The van der Waals surface area contributed by atoms with Crippen molar-refractivity contribution in [2.75, 3.05) is 65.4 Å². The number of likely N-dealkylation sites (tertiary alicyclic amines) is 1. The van der Waals surface area contributed by atoms with Crippen molar-refractivity contribution in [3.8, 4) is 0 Å². The van der Waals surface area contributed by atoms with Crippen molar-refractivity contribution in [2.45, 2.75) is 51.7 Å². The Balaban J connectivity index is 1.32. The lowest BCUT2D eigenvalue weighted by Crippen LogP contribution is -2.50. The summed E-state index contributed by atoms with van der Waals surface area (Å²) in [5.41, 5.74) is -0.607.